The number of hydrazine groups is 1. The predicted octanol–water partition coefficient (Wildman–Crippen LogP) is 3.37. The maximum atomic E-state index is 12.0. The van der Waals surface area contributed by atoms with Gasteiger partial charge in [-0.1, -0.05) is 34.1 Å². The van der Waals surface area contributed by atoms with Gasteiger partial charge in [-0.3, -0.25) is 15.6 Å². The van der Waals surface area contributed by atoms with Crippen LogP contribution in [0.5, 0.6) is 11.6 Å². The number of carbonyl (C=O) groups excluding carboxylic acids is 1. The molecule has 0 saturated carbocycles. The minimum atomic E-state index is -0.311. The van der Waals surface area contributed by atoms with Crippen LogP contribution in [0.1, 0.15) is 10.4 Å². The van der Waals surface area contributed by atoms with E-state index in [1.54, 1.807) is 36.4 Å². The molecule has 0 saturated heterocycles. The fourth-order valence-corrected chi connectivity index (χ4v) is 2.22. The molecule has 126 valence electrons. The normalized spacial score (nSPS) is 10.1. The summed E-state index contributed by atoms with van der Waals surface area (Å²) in [6.45, 7) is 0. The van der Waals surface area contributed by atoms with Crippen molar-refractivity contribution in [2.24, 2.45) is 0 Å². The zero-order valence-corrected chi connectivity index (χ0v) is 14.5. The van der Waals surface area contributed by atoms with Crippen molar-refractivity contribution in [3.05, 3.63) is 71.0 Å². The Kier molecular flexibility index (Phi) is 5.10. The van der Waals surface area contributed by atoms with Crippen molar-refractivity contribution in [1.82, 2.24) is 15.4 Å². The fraction of sp³-hybridized carbons (Fsp3) is 0. The van der Waals surface area contributed by atoms with E-state index < -0.39 is 0 Å². The van der Waals surface area contributed by atoms with Crippen LogP contribution in [0.4, 0.5) is 11.5 Å². The van der Waals surface area contributed by atoms with Crippen molar-refractivity contribution in [3.63, 3.8) is 0 Å². The Bertz CT molecular complexity index is 872. The SMILES string of the molecule is Nc1c(NNC(=O)c2ccccc2)ncnc1Oc1ccc(Br)cc1. The molecule has 0 radical (unpaired) electrons. The van der Waals surface area contributed by atoms with Crippen LogP contribution in [0, 0.1) is 0 Å². The molecule has 0 bridgehead atoms. The summed E-state index contributed by atoms with van der Waals surface area (Å²) in [5.74, 6) is 0.696. The van der Waals surface area contributed by atoms with Crippen molar-refractivity contribution in [1.29, 1.82) is 0 Å². The molecule has 7 nitrogen and oxygen atoms in total. The maximum absolute atomic E-state index is 12.0. The van der Waals surface area contributed by atoms with Crippen molar-refractivity contribution >= 4 is 33.3 Å². The molecule has 0 unspecified atom stereocenters. The van der Waals surface area contributed by atoms with Crippen LogP contribution in [-0.2, 0) is 0 Å². The van der Waals surface area contributed by atoms with Crippen molar-refractivity contribution < 1.29 is 9.53 Å². The number of nitrogens with one attached hydrogen (secondary N) is 2. The van der Waals surface area contributed by atoms with Gasteiger partial charge in [-0.05, 0) is 36.4 Å². The van der Waals surface area contributed by atoms with Crippen molar-refractivity contribution in [3.8, 4) is 11.6 Å². The number of nitrogen functional groups attached to an aromatic ring is 1. The van der Waals surface area contributed by atoms with E-state index in [9.17, 15) is 4.79 Å². The number of benzene rings is 2. The highest BCUT2D eigenvalue weighted by molar-refractivity contribution is 9.10. The summed E-state index contributed by atoms with van der Waals surface area (Å²) in [5, 5.41) is 0. The number of nitrogens with zero attached hydrogens (tertiary/aromatic N) is 2. The van der Waals surface area contributed by atoms with Gasteiger partial charge in [0.1, 0.15) is 17.8 Å². The number of hydrogen-bond donors (Lipinski definition) is 3. The van der Waals surface area contributed by atoms with Crippen LogP contribution in [0.3, 0.4) is 0 Å². The summed E-state index contributed by atoms with van der Waals surface area (Å²) < 4.78 is 6.58. The largest absolute Gasteiger partial charge is 0.437 e. The van der Waals surface area contributed by atoms with Gasteiger partial charge in [-0.2, -0.15) is 4.98 Å². The lowest BCUT2D eigenvalue weighted by atomic mass is 10.2. The smallest absolute Gasteiger partial charge is 0.269 e. The van der Waals surface area contributed by atoms with Gasteiger partial charge < -0.3 is 10.5 Å². The molecule has 8 heteroatoms. The van der Waals surface area contributed by atoms with E-state index in [0.29, 0.717) is 11.3 Å². The van der Waals surface area contributed by atoms with Gasteiger partial charge >= 0.3 is 0 Å². The molecule has 0 aliphatic heterocycles. The van der Waals surface area contributed by atoms with E-state index in [0.717, 1.165) is 4.47 Å². The number of nitrogens with two attached hydrogens (primary N) is 1. The Morgan fingerprint density at radius 1 is 1.04 bits per heavy atom. The number of rotatable bonds is 5. The molecule has 0 fully saturated rings. The lowest BCUT2D eigenvalue weighted by molar-refractivity contribution is 0.0962. The highest BCUT2D eigenvalue weighted by atomic mass is 79.9. The van der Waals surface area contributed by atoms with Crippen LogP contribution in [0.15, 0.2) is 65.4 Å². The first kappa shape index (κ1) is 16.7. The lowest BCUT2D eigenvalue weighted by Gasteiger charge is -2.12. The van der Waals surface area contributed by atoms with Gasteiger partial charge in [-0.25, -0.2) is 4.98 Å². The van der Waals surface area contributed by atoms with Crippen LogP contribution >= 0.6 is 15.9 Å². The molecular weight excluding hydrogens is 386 g/mol. The topological polar surface area (TPSA) is 102 Å². The average Bonchev–Trinajstić information content (AvgIpc) is 2.64. The highest BCUT2D eigenvalue weighted by Crippen LogP contribution is 2.29. The van der Waals surface area contributed by atoms with Gasteiger partial charge in [0.25, 0.3) is 5.91 Å². The number of halogens is 1. The van der Waals surface area contributed by atoms with Crippen LogP contribution in [-0.4, -0.2) is 15.9 Å². The zero-order valence-electron chi connectivity index (χ0n) is 12.9. The third kappa shape index (κ3) is 4.24. The molecule has 0 aliphatic rings. The molecule has 4 N–H and O–H groups in total. The van der Waals surface area contributed by atoms with E-state index in [1.807, 2.05) is 18.2 Å². The Hall–Kier alpha value is -3.13. The first-order valence-corrected chi connectivity index (χ1v) is 8.08. The third-order valence-electron chi connectivity index (χ3n) is 3.21. The number of amides is 1. The van der Waals surface area contributed by atoms with Crippen molar-refractivity contribution in [2.45, 2.75) is 0 Å². The molecule has 1 amide bonds. The van der Waals surface area contributed by atoms with Crippen LogP contribution in [0.2, 0.25) is 0 Å². The number of ether oxygens (including phenoxy) is 1. The second-order valence-corrected chi connectivity index (χ2v) is 5.86. The molecule has 2 aromatic carbocycles. The standard InChI is InChI=1S/C17H14BrN5O2/c18-12-6-8-13(9-7-12)25-17-14(19)15(20-10-21-17)22-23-16(24)11-4-2-1-3-5-11/h1-10H,19H2,(H,23,24)(H,20,21,22). The van der Waals surface area contributed by atoms with E-state index in [1.165, 1.54) is 6.33 Å². The first-order chi connectivity index (χ1) is 12.1. The number of carbonyl (C=O) groups is 1. The number of aromatic nitrogens is 2. The quantitative estimate of drug-likeness (QED) is 0.568. The third-order valence-corrected chi connectivity index (χ3v) is 3.73. The summed E-state index contributed by atoms with van der Waals surface area (Å²) in [6, 6.07) is 16.0. The molecule has 3 rings (SSSR count). The van der Waals surface area contributed by atoms with Crippen LogP contribution in [0.25, 0.3) is 0 Å². The molecule has 0 spiro atoms. The summed E-state index contributed by atoms with van der Waals surface area (Å²) in [7, 11) is 0. The van der Waals surface area contributed by atoms with Gasteiger partial charge in [-0.15, -0.1) is 0 Å². The molecule has 3 aromatic rings. The van der Waals surface area contributed by atoms with E-state index in [2.05, 4.69) is 36.7 Å². The first-order valence-electron chi connectivity index (χ1n) is 7.29. The Morgan fingerprint density at radius 2 is 1.76 bits per heavy atom. The maximum Gasteiger partial charge on any atom is 0.269 e. The zero-order chi connectivity index (χ0) is 17.6. The lowest BCUT2D eigenvalue weighted by Crippen LogP contribution is -2.30. The Balaban J connectivity index is 1.70. The molecule has 1 heterocycles. The summed E-state index contributed by atoms with van der Waals surface area (Å²) >= 11 is 3.35. The summed E-state index contributed by atoms with van der Waals surface area (Å²) in [5.41, 5.74) is 11.9. The number of hydrogen-bond acceptors (Lipinski definition) is 6. The summed E-state index contributed by atoms with van der Waals surface area (Å²) in [6.07, 6.45) is 1.29. The van der Waals surface area contributed by atoms with Gasteiger partial charge in [0.05, 0.1) is 0 Å². The Labute approximate surface area is 152 Å². The Morgan fingerprint density at radius 3 is 2.48 bits per heavy atom. The predicted molar refractivity (Wildman–Crippen MR) is 98.2 cm³/mol. The van der Waals surface area contributed by atoms with Gasteiger partial charge in [0.2, 0.25) is 5.88 Å². The molecule has 1 aromatic heterocycles. The summed E-state index contributed by atoms with van der Waals surface area (Å²) in [4.78, 5) is 20.1. The molecule has 0 atom stereocenters. The second-order valence-electron chi connectivity index (χ2n) is 4.94. The highest BCUT2D eigenvalue weighted by Gasteiger charge is 2.12. The van der Waals surface area contributed by atoms with E-state index in [4.69, 9.17) is 10.5 Å². The van der Waals surface area contributed by atoms with Crippen LogP contribution < -0.4 is 21.3 Å². The van der Waals surface area contributed by atoms with Gasteiger partial charge in [0, 0.05) is 10.0 Å². The number of anilines is 2. The monoisotopic (exact) mass is 399 g/mol. The minimum Gasteiger partial charge on any atom is -0.437 e. The van der Waals surface area contributed by atoms with E-state index in [-0.39, 0.29) is 23.3 Å². The fourth-order valence-electron chi connectivity index (χ4n) is 1.95. The van der Waals surface area contributed by atoms with E-state index >= 15 is 0 Å². The van der Waals surface area contributed by atoms with Gasteiger partial charge in [0.15, 0.2) is 5.82 Å². The minimum absolute atomic E-state index is 0.179. The second kappa shape index (κ2) is 7.63. The average molecular weight is 400 g/mol. The molecular formula is C17H14BrN5O2. The molecule has 0 aliphatic carbocycles. The molecule has 25 heavy (non-hydrogen) atoms. The van der Waals surface area contributed by atoms with Crippen molar-refractivity contribution in [2.75, 3.05) is 11.2 Å².